The summed E-state index contributed by atoms with van der Waals surface area (Å²) in [6.07, 6.45) is 4.71. The van der Waals surface area contributed by atoms with Gasteiger partial charge >= 0.3 is 0 Å². The Balaban J connectivity index is 1.86. The van der Waals surface area contributed by atoms with Crippen LogP contribution in [0.3, 0.4) is 0 Å². The van der Waals surface area contributed by atoms with Crippen LogP contribution in [0, 0.1) is 11.3 Å². The molecule has 2 N–H and O–H groups in total. The van der Waals surface area contributed by atoms with Crippen molar-refractivity contribution in [2.75, 3.05) is 26.3 Å². The van der Waals surface area contributed by atoms with Crippen LogP contribution in [-0.2, 0) is 4.79 Å². The molecule has 1 heterocycles. The molecule has 0 aromatic carbocycles. The van der Waals surface area contributed by atoms with E-state index in [0.717, 1.165) is 25.7 Å². The highest BCUT2D eigenvalue weighted by Crippen LogP contribution is 2.33. The van der Waals surface area contributed by atoms with Gasteiger partial charge in [0, 0.05) is 24.4 Å². The zero-order valence-corrected chi connectivity index (χ0v) is 9.69. The number of hydrogen-bond donors (Lipinski definition) is 2. The van der Waals surface area contributed by atoms with Gasteiger partial charge in [0.2, 0.25) is 5.91 Å². The maximum atomic E-state index is 12.0. The first-order valence-corrected chi connectivity index (χ1v) is 6.21. The Morgan fingerprint density at radius 2 is 1.75 bits per heavy atom. The van der Waals surface area contributed by atoms with Crippen molar-refractivity contribution in [2.24, 2.45) is 11.3 Å². The van der Waals surface area contributed by atoms with Gasteiger partial charge in [-0.15, -0.1) is 0 Å². The van der Waals surface area contributed by atoms with Crippen molar-refractivity contribution in [3.63, 3.8) is 0 Å². The maximum absolute atomic E-state index is 12.0. The van der Waals surface area contributed by atoms with Crippen molar-refractivity contribution in [2.45, 2.75) is 32.1 Å². The highest BCUT2D eigenvalue weighted by Gasteiger charge is 2.37. The van der Waals surface area contributed by atoms with E-state index in [-0.39, 0.29) is 30.5 Å². The standard InChI is InChI=1S/C12H21NO3/c14-8-12(9-15)4-6-13(7-5-12)11(16)10-2-1-3-10/h10,14-15H,1-9H2. The number of aliphatic hydroxyl groups is 2. The van der Waals surface area contributed by atoms with Gasteiger partial charge in [-0.1, -0.05) is 6.42 Å². The molecule has 4 nitrogen and oxygen atoms in total. The molecule has 1 saturated carbocycles. The lowest BCUT2D eigenvalue weighted by Crippen LogP contribution is -2.48. The summed E-state index contributed by atoms with van der Waals surface area (Å²) in [5.41, 5.74) is -0.351. The van der Waals surface area contributed by atoms with Crippen molar-refractivity contribution in [3.05, 3.63) is 0 Å². The third kappa shape index (κ3) is 2.09. The number of aliphatic hydroxyl groups excluding tert-OH is 2. The predicted molar refractivity (Wildman–Crippen MR) is 59.8 cm³/mol. The van der Waals surface area contributed by atoms with Gasteiger partial charge in [0.1, 0.15) is 0 Å². The average molecular weight is 227 g/mol. The molecule has 2 aliphatic rings. The molecule has 4 heteroatoms. The van der Waals surface area contributed by atoms with E-state index in [1.165, 1.54) is 6.42 Å². The monoisotopic (exact) mass is 227 g/mol. The molecule has 0 atom stereocenters. The summed E-state index contributed by atoms with van der Waals surface area (Å²) in [5.74, 6) is 0.548. The van der Waals surface area contributed by atoms with E-state index in [0.29, 0.717) is 13.1 Å². The Morgan fingerprint density at radius 1 is 1.19 bits per heavy atom. The molecule has 1 saturated heterocycles. The molecule has 16 heavy (non-hydrogen) atoms. The minimum atomic E-state index is -0.351. The van der Waals surface area contributed by atoms with Crippen LogP contribution < -0.4 is 0 Å². The largest absolute Gasteiger partial charge is 0.396 e. The highest BCUT2D eigenvalue weighted by molar-refractivity contribution is 5.79. The summed E-state index contributed by atoms with van der Waals surface area (Å²) >= 11 is 0. The molecule has 1 amide bonds. The summed E-state index contributed by atoms with van der Waals surface area (Å²) in [5, 5.41) is 18.5. The summed E-state index contributed by atoms with van der Waals surface area (Å²) < 4.78 is 0. The first-order chi connectivity index (χ1) is 7.71. The third-order valence-corrected chi connectivity index (χ3v) is 4.26. The van der Waals surface area contributed by atoms with Crippen molar-refractivity contribution in [3.8, 4) is 0 Å². The van der Waals surface area contributed by atoms with E-state index in [4.69, 9.17) is 0 Å². The Labute approximate surface area is 96.3 Å². The highest BCUT2D eigenvalue weighted by atomic mass is 16.3. The lowest BCUT2D eigenvalue weighted by atomic mass is 9.78. The topological polar surface area (TPSA) is 60.8 Å². The molecule has 0 radical (unpaired) electrons. The lowest BCUT2D eigenvalue weighted by Gasteiger charge is -2.41. The average Bonchev–Trinajstić information content (AvgIpc) is 2.27. The van der Waals surface area contributed by atoms with Gasteiger partial charge in [0.05, 0.1) is 13.2 Å². The van der Waals surface area contributed by atoms with Crippen LogP contribution in [0.1, 0.15) is 32.1 Å². The van der Waals surface area contributed by atoms with E-state index in [9.17, 15) is 15.0 Å². The lowest BCUT2D eigenvalue weighted by molar-refractivity contribution is -0.141. The normalized spacial score (nSPS) is 25.2. The molecule has 0 bridgehead atoms. The molecule has 0 spiro atoms. The summed E-state index contributed by atoms with van der Waals surface area (Å²) in [6.45, 7) is 1.43. The zero-order chi connectivity index (χ0) is 11.6. The number of likely N-dealkylation sites (tertiary alicyclic amines) is 1. The first kappa shape index (κ1) is 11.9. The Hall–Kier alpha value is -0.610. The summed E-state index contributed by atoms with van der Waals surface area (Å²) in [7, 11) is 0. The second kappa shape index (κ2) is 4.72. The van der Waals surface area contributed by atoms with Crippen LogP contribution in [0.25, 0.3) is 0 Å². The molecule has 0 aromatic rings. The first-order valence-electron chi connectivity index (χ1n) is 6.21. The molecule has 2 fully saturated rings. The number of rotatable bonds is 3. The van der Waals surface area contributed by atoms with Gasteiger partial charge in [0.25, 0.3) is 0 Å². The fourth-order valence-electron chi connectivity index (χ4n) is 2.48. The van der Waals surface area contributed by atoms with Gasteiger partial charge in [-0.05, 0) is 25.7 Å². The fourth-order valence-corrected chi connectivity index (χ4v) is 2.48. The number of carbonyl (C=O) groups excluding carboxylic acids is 1. The maximum Gasteiger partial charge on any atom is 0.225 e. The Kier molecular flexibility index (Phi) is 3.50. The number of carbonyl (C=O) groups is 1. The van der Waals surface area contributed by atoms with Gasteiger partial charge in [0.15, 0.2) is 0 Å². The van der Waals surface area contributed by atoms with E-state index in [1.807, 2.05) is 4.90 Å². The van der Waals surface area contributed by atoms with Crippen LogP contribution in [0.2, 0.25) is 0 Å². The van der Waals surface area contributed by atoms with E-state index in [1.54, 1.807) is 0 Å². The molecule has 92 valence electrons. The number of nitrogens with zero attached hydrogens (tertiary/aromatic N) is 1. The fraction of sp³-hybridized carbons (Fsp3) is 0.917. The molecule has 0 unspecified atom stereocenters. The molecular formula is C12H21NO3. The van der Waals surface area contributed by atoms with Crippen LogP contribution in [0.15, 0.2) is 0 Å². The van der Waals surface area contributed by atoms with Crippen molar-refractivity contribution >= 4 is 5.91 Å². The smallest absolute Gasteiger partial charge is 0.225 e. The van der Waals surface area contributed by atoms with Gasteiger partial charge < -0.3 is 15.1 Å². The van der Waals surface area contributed by atoms with Gasteiger partial charge in [-0.2, -0.15) is 0 Å². The van der Waals surface area contributed by atoms with Gasteiger partial charge in [-0.3, -0.25) is 4.79 Å². The van der Waals surface area contributed by atoms with Crippen LogP contribution >= 0.6 is 0 Å². The van der Waals surface area contributed by atoms with E-state index in [2.05, 4.69) is 0 Å². The SMILES string of the molecule is O=C(C1CCC1)N1CCC(CO)(CO)CC1. The van der Waals surface area contributed by atoms with Crippen LogP contribution in [0.4, 0.5) is 0 Å². The molecule has 1 aliphatic heterocycles. The van der Waals surface area contributed by atoms with Gasteiger partial charge in [-0.25, -0.2) is 0 Å². The summed E-state index contributed by atoms with van der Waals surface area (Å²) in [4.78, 5) is 13.9. The van der Waals surface area contributed by atoms with Crippen molar-refractivity contribution in [1.82, 2.24) is 4.90 Å². The number of hydrogen-bond acceptors (Lipinski definition) is 3. The zero-order valence-electron chi connectivity index (χ0n) is 9.69. The molecule has 0 aromatic heterocycles. The summed E-state index contributed by atoms with van der Waals surface area (Å²) in [6, 6.07) is 0. The second-order valence-electron chi connectivity index (χ2n) is 5.27. The van der Waals surface area contributed by atoms with Crippen LogP contribution in [0.5, 0.6) is 0 Å². The van der Waals surface area contributed by atoms with E-state index < -0.39 is 0 Å². The number of piperidine rings is 1. The predicted octanol–water partition coefficient (Wildman–Crippen LogP) is 0.380. The van der Waals surface area contributed by atoms with Crippen LogP contribution in [-0.4, -0.2) is 47.3 Å². The number of amides is 1. The quantitative estimate of drug-likeness (QED) is 0.732. The third-order valence-electron chi connectivity index (χ3n) is 4.26. The Morgan fingerprint density at radius 3 is 2.12 bits per heavy atom. The van der Waals surface area contributed by atoms with Crippen molar-refractivity contribution in [1.29, 1.82) is 0 Å². The Bertz CT molecular complexity index is 249. The molecule has 1 aliphatic carbocycles. The molecular weight excluding hydrogens is 206 g/mol. The van der Waals surface area contributed by atoms with Crippen molar-refractivity contribution < 1.29 is 15.0 Å². The minimum absolute atomic E-state index is 0.0228. The van der Waals surface area contributed by atoms with E-state index >= 15 is 0 Å². The second-order valence-corrected chi connectivity index (χ2v) is 5.27. The molecule has 2 rings (SSSR count). The minimum Gasteiger partial charge on any atom is -0.396 e.